The highest BCUT2D eigenvalue weighted by Crippen LogP contribution is 2.26. The Morgan fingerprint density at radius 1 is 1.42 bits per heavy atom. The molecule has 3 nitrogen and oxygen atoms in total. The summed E-state index contributed by atoms with van der Waals surface area (Å²) in [6.07, 6.45) is 1.95. The first kappa shape index (κ1) is 16.0. The Bertz CT molecular complexity index is 419. The number of carbonyl (C=O) groups is 1. The maximum atomic E-state index is 11.8. The fraction of sp³-hybridized carbons (Fsp3) is 0.533. The lowest BCUT2D eigenvalue weighted by atomic mass is 10.1. The Labute approximate surface area is 123 Å². The molecule has 0 radical (unpaired) electrons. The van der Waals surface area contributed by atoms with Crippen molar-refractivity contribution in [2.75, 3.05) is 13.2 Å². The first-order valence-electron chi connectivity index (χ1n) is 6.75. The van der Waals surface area contributed by atoms with Crippen LogP contribution in [0.15, 0.2) is 22.7 Å². The summed E-state index contributed by atoms with van der Waals surface area (Å²) in [5.41, 5.74) is 0.650. The van der Waals surface area contributed by atoms with E-state index in [1.807, 2.05) is 13.0 Å². The van der Waals surface area contributed by atoms with Gasteiger partial charge in [-0.15, -0.1) is 0 Å². The number of ether oxygens (including phenoxy) is 1. The van der Waals surface area contributed by atoms with Crippen LogP contribution in [0.4, 0.5) is 0 Å². The Morgan fingerprint density at radius 3 is 2.74 bits per heavy atom. The van der Waals surface area contributed by atoms with Gasteiger partial charge in [-0.05, 0) is 52.9 Å². The van der Waals surface area contributed by atoms with E-state index in [1.54, 1.807) is 12.1 Å². The predicted octanol–water partition coefficient (Wildman–Crippen LogP) is 4.01. The van der Waals surface area contributed by atoms with Crippen LogP contribution in [0, 0.1) is 5.92 Å². The largest absolute Gasteiger partial charge is 0.492 e. The van der Waals surface area contributed by atoms with Crippen molar-refractivity contribution in [2.24, 2.45) is 5.92 Å². The van der Waals surface area contributed by atoms with Crippen LogP contribution in [0.1, 0.15) is 44.0 Å². The minimum absolute atomic E-state index is 0.0451. The Morgan fingerprint density at radius 2 is 2.16 bits per heavy atom. The second-order valence-electron chi connectivity index (χ2n) is 4.93. The number of rotatable bonds is 7. The van der Waals surface area contributed by atoms with Crippen LogP contribution in [-0.4, -0.2) is 19.1 Å². The third kappa shape index (κ3) is 5.64. The average molecular weight is 328 g/mol. The van der Waals surface area contributed by atoms with Crippen LogP contribution in [0.2, 0.25) is 0 Å². The van der Waals surface area contributed by atoms with Crippen LogP contribution < -0.4 is 10.1 Å². The van der Waals surface area contributed by atoms with Crippen LogP contribution >= 0.6 is 15.9 Å². The molecule has 0 heterocycles. The number of halogens is 1. The van der Waals surface area contributed by atoms with Gasteiger partial charge in [0.05, 0.1) is 11.1 Å². The van der Waals surface area contributed by atoms with Gasteiger partial charge in [0, 0.05) is 12.1 Å². The van der Waals surface area contributed by atoms with Crippen LogP contribution in [-0.2, 0) is 0 Å². The Balaban J connectivity index is 2.61. The lowest BCUT2D eigenvalue weighted by molar-refractivity contribution is 0.0953. The zero-order valence-electron chi connectivity index (χ0n) is 11.8. The highest BCUT2D eigenvalue weighted by molar-refractivity contribution is 9.10. The lowest BCUT2D eigenvalue weighted by Crippen LogP contribution is -2.23. The van der Waals surface area contributed by atoms with E-state index in [0.717, 1.165) is 23.1 Å². The standard InChI is InChI=1S/C15H22BrNO2/c1-4-8-17-15(18)12-5-6-14(13(16)10-12)19-9-7-11(2)3/h5-6,10-11H,4,7-9H2,1-3H3,(H,17,18). The summed E-state index contributed by atoms with van der Waals surface area (Å²) < 4.78 is 6.50. The molecule has 0 atom stereocenters. The molecule has 0 aliphatic rings. The smallest absolute Gasteiger partial charge is 0.251 e. The molecule has 0 saturated carbocycles. The first-order chi connectivity index (χ1) is 9.04. The van der Waals surface area contributed by atoms with Crippen LogP contribution in [0.25, 0.3) is 0 Å². The van der Waals surface area contributed by atoms with Gasteiger partial charge in [0.2, 0.25) is 0 Å². The molecular formula is C15H22BrNO2. The summed E-state index contributed by atoms with van der Waals surface area (Å²) in [5.74, 6) is 1.36. The SMILES string of the molecule is CCCNC(=O)c1ccc(OCCC(C)C)c(Br)c1. The van der Waals surface area contributed by atoms with Crippen molar-refractivity contribution < 1.29 is 9.53 Å². The molecular weight excluding hydrogens is 306 g/mol. The molecule has 1 amide bonds. The van der Waals surface area contributed by atoms with E-state index >= 15 is 0 Å². The minimum Gasteiger partial charge on any atom is -0.492 e. The number of benzene rings is 1. The quantitative estimate of drug-likeness (QED) is 0.821. The van der Waals surface area contributed by atoms with Crippen molar-refractivity contribution in [3.8, 4) is 5.75 Å². The Kier molecular flexibility index (Phi) is 6.92. The highest BCUT2D eigenvalue weighted by Gasteiger charge is 2.08. The van der Waals surface area contributed by atoms with E-state index < -0.39 is 0 Å². The molecule has 1 rings (SSSR count). The molecule has 1 aromatic rings. The number of carbonyl (C=O) groups excluding carboxylic acids is 1. The summed E-state index contributed by atoms with van der Waals surface area (Å²) in [4.78, 5) is 11.8. The molecule has 0 bridgehead atoms. The van der Waals surface area contributed by atoms with Gasteiger partial charge in [0.25, 0.3) is 5.91 Å². The van der Waals surface area contributed by atoms with E-state index in [4.69, 9.17) is 4.74 Å². The monoisotopic (exact) mass is 327 g/mol. The number of hydrogen-bond donors (Lipinski definition) is 1. The van der Waals surface area contributed by atoms with Gasteiger partial charge >= 0.3 is 0 Å². The van der Waals surface area contributed by atoms with E-state index in [1.165, 1.54) is 0 Å². The molecule has 0 aromatic heterocycles. The lowest BCUT2D eigenvalue weighted by Gasteiger charge is -2.11. The highest BCUT2D eigenvalue weighted by atomic mass is 79.9. The summed E-state index contributed by atoms with van der Waals surface area (Å²) >= 11 is 3.45. The second kappa shape index (κ2) is 8.20. The van der Waals surface area contributed by atoms with E-state index in [0.29, 0.717) is 24.6 Å². The zero-order chi connectivity index (χ0) is 14.3. The average Bonchev–Trinajstić information content (AvgIpc) is 2.37. The molecule has 0 unspecified atom stereocenters. The van der Waals surface area contributed by atoms with Gasteiger partial charge in [-0.25, -0.2) is 0 Å². The molecule has 0 aliphatic heterocycles. The summed E-state index contributed by atoms with van der Waals surface area (Å²) in [5, 5.41) is 2.85. The zero-order valence-corrected chi connectivity index (χ0v) is 13.4. The molecule has 0 saturated heterocycles. The fourth-order valence-corrected chi connectivity index (χ4v) is 2.00. The molecule has 0 fully saturated rings. The molecule has 106 valence electrons. The van der Waals surface area contributed by atoms with Gasteiger partial charge in [-0.3, -0.25) is 4.79 Å². The third-order valence-electron chi connectivity index (χ3n) is 2.68. The van der Waals surface area contributed by atoms with Gasteiger partial charge in [-0.1, -0.05) is 20.8 Å². The fourth-order valence-electron chi connectivity index (χ4n) is 1.50. The van der Waals surface area contributed by atoms with Crippen molar-refractivity contribution in [2.45, 2.75) is 33.6 Å². The summed E-state index contributed by atoms with van der Waals surface area (Å²) in [6, 6.07) is 5.43. The number of amides is 1. The van der Waals surface area contributed by atoms with Crippen molar-refractivity contribution in [1.29, 1.82) is 0 Å². The van der Waals surface area contributed by atoms with Crippen molar-refractivity contribution >= 4 is 21.8 Å². The van der Waals surface area contributed by atoms with E-state index in [-0.39, 0.29) is 5.91 Å². The van der Waals surface area contributed by atoms with Crippen molar-refractivity contribution in [3.05, 3.63) is 28.2 Å². The summed E-state index contributed by atoms with van der Waals surface area (Å²) in [6.45, 7) is 7.75. The molecule has 0 aliphatic carbocycles. The topological polar surface area (TPSA) is 38.3 Å². The maximum Gasteiger partial charge on any atom is 0.251 e. The predicted molar refractivity (Wildman–Crippen MR) is 81.7 cm³/mol. The molecule has 0 spiro atoms. The first-order valence-corrected chi connectivity index (χ1v) is 7.54. The second-order valence-corrected chi connectivity index (χ2v) is 5.79. The number of hydrogen-bond acceptors (Lipinski definition) is 2. The maximum absolute atomic E-state index is 11.8. The third-order valence-corrected chi connectivity index (χ3v) is 3.30. The number of nitrogens with one attached hydrogen (secondary N) is 1. The van der Waals surface area contributed by atoms with Crippen LogP contribution in [0.3, 0.4) is 0 Å². The molecule has 1 aromatic carbocycles. The Hall–Kier alpha value is -1.03. The van der Waals surface area contributed by atoms with E-state index in [9.17, 15) is 4.79 Å². The molecule has 1 N–H and O–H groups in total. The molecule has 19 heavy (non-hydrogen) atoms. The summed E-state index contributed by atoms with van der Waals surface area (Å²) in [7, 11) is 0. The minimum atomic E-state index is -0.0451. The van der Waals surface area contributed by atoms with Crippen molar-refractivity contribution in [3.63, 3.8) is 0 Å². The normalized spacial score (nSPS) is 10.6. The van der Waals surface area contributed by atoms with E-state index in [2.05, 4.69) is 35.1 Å². The van der Waals surface area contributed by atoms with Gasteiger partial charge in [0.1, 0.15) is 5.75 Å². The van der Waals surface area contributed by atoms with Gasteiger partial charge < -0.3 is 10.1 Å². The van der Waals surface area contributed by atoms with Crippen LogP contribution in [0.5, 0.6) is 5.75 Å². The van der Waals surface area contributed by atoms with Crippen molar-refractivity contribution in [1.82, 2.24) is 5.32 Å². The van der Waals surface area contributed by atoms with Gasteiger partial charge in [-0.2, -0.15) is 0 Å². The molecule has 4 heteroatoms. The van der Waals surface area contributed by atoms with Gasteiger partial charge in [0.15, 0.2) is 0 Å².